The molecule has 0 saturated heterocycles. The average molecular weight is 244 g/mol. The van der Waals surface area contributed by atoms with Gasteiger partial charge in [-0.25, -0.2) is 4.98 Å². The molecule has 1 aromatic heterocycles. The number of thiazole rings is 1. The minimum absolute atomic E-state index is 0.885. The molecule has 0 amide bonds. The van der Waals surface area contributed by atoms with Crippen molar-refractivity contribution in [2.24, 2.45) is 0 Å². The lowest BCUT2D eigenvalue weighted by Gasteiger charge is -2.00. The summed E-state index contributed by atoms with van der Waals surface area (Å²) >= 11 is 5.01. The van der Waals surface area contributed by atoms with E-state index in [4.69, 9.17) is 4.74 Å². The molecule has 1 aromatic carbocycles. The van der Waals surface area contributed by atoms with Crippen molar-refractivity contribution in [1.29, 1.82) is 0 Å². The van der Waals surface area contributed by atoms with Crippen LogP contribution in [0.3, 0.4) is 0 Å². The van der Waals surface area contributed by atoms with E-state index in [1.165, 1.54) is 0 Å². The van der Waals surface area contributed by atoms with Gasteiger partial charge in [-0.1, -0.05) is 0 Å². The summed E-state index contributed by atoms with van der Waals surface area (Å²) in [5.74, 6) is 0.885. The standard InChI is InChI=1S/C8H6BrNOS/c1-11-6-3-2-5(9)7-8(6)12-4-10-7/h2-4H,1H3. The number of methoxy groups -OCH3 is 1. The van der Waals surface area contributed by atoms with Crippen LogP contribution in [0, 0.1) is 0 Å². The lowest BCUT2D eigenvalue weighted by molar-refractivity contribution is 0.420. The van der Waals surface area contributed by atoms with Crippen LogP contribution in [-0.2, 0) is 0 Å². The van der Waals surface area contributed by atoms with E-state index in [1.807, 2.05) is 17.6 Å². The van der Waals surface area contributed by atoms with Crippen molar-refractivity contribution >= 4 is 37.5 Å². The fraction of sp³-hybridized carbons (Fsp3) is 0.125. The largest absolute Gasteiger partial charge is 0.495 e. The lowest BCUT2D eigenvalue weighted by atomic mass is 10.3. The van der Waals surface area contributed by atoms with Crippen LogP contribution in [0.1, 0.15) is 0 Å². The van der Waals surface area contributed by atoms with Crippen molar-refractivity contribution < 1.29 is 4.74 Å². The van der Waals surface area contributed by atoms with E-state index >= 15 is 0 Å². The maximum absolute atomic E-state index is 5.19. The predicted molar refractivity (Wildman–Crippen MR) is 53.9 cm³/mol. The average Bonchev–Trinajstić information content (AvgIpc) is 2.54. The van der Waals surface area contributed by atoms with Crippen LogP contribution in [-0.4, -0.2) is 12.1 Å². The minimum atomic E-state index is 0.885. The smallest absolute Gasteiger partial charge is 0.138 e. The predicted octanol–water partition coefficient (Wildman–Crippen LogP) is 3.07. The summed E-state index contributed by atoms with van der Waals surface area (Å²) in [6.45, 7) is 0. The van der Waals surface area contributed by atoms with Crippen molar-refractivity contribution in [2.75, 3.05) is 7.11 Å². The molecule has 12 heavy (non-hydrogen) atoms. The van der Waals surface area contributed by atoms with Gasteiger partial charge in [0.05, 0.1) is 22.8 Å². The third-order valence-electron chi connectivity index (χ3n) is 1.62. The number of hydrogen-bond donors (Lipinski definition) is 0. The van der Waals surface area contributed by atoms with Gasteiger partial charge < -0.3 is 4.74 Å². The first-order chi connectivity index (χ1) is 5.83. The summed E-state index contributed by atoms with van der Waals surface area (Å²) in [5.41, 5.74) is 2.79. The van der Waals surface area contributed by atoms with Crippen LogP contribution < -0.4 is 4.74 Å². The van der Waals surface area contributed by atoms with Gasteiger partial charge in [-0.05, 0) is 28.1 Å². The first-order valence-corrected chi connectivity index (χ1v) is 5.06. The minimum Gasteiger partial charge on any atom is -0.495 e. The van der Waals surface area contributed by atoms with Crippen LogP contribution in [0.2, 0.25) is 0 Å². The highest BCUT2D eigenvalue weighted by molar-refractivity contribution is 9.10. The molecule has 2 nitrogen and oxygen atoms in total. The molecular formula is C8H6BrNOS. The number of halogens is 1. The fourth-order valence-corrected chi connectivity index (χ4v) is 2.42. The topological polar surface area (TPSA) is 22.1 Å². The highest BCUT2D eigenvalue weighted by Gasteiger charge is 2.06. The maximum Gasteiger partial charge on any atom is 0.138 e. The zero-order valence-electron chi connectivity index (χ0n) is 6.37. The normalized spacial score (nSPS) is 10.5. The summed E-state index contributed by atoms with van der Waals surface area (Å²) in [6, 6.07) is 3.88. The molecular weight excluding hydrogens is 238 g/mol. The molecule has 1 heterocycles. The molecule has 0 radical (unpaired) electrons. The Morgan fingerprint density at radius 1 is 1.50 bits per heavy atom. The second kappa shape index (κ2) is 3.03. The van der Waals surface area contributed by atoms with Crippen LogP contribution in [0.4, 0.5) is 0 Å². The number of nitrogens with zero attached hydrogens (tertiary/aromatic N) is 1. The van der Waals surface area contributed by atoms with E-state index in [0.29, 0.717) is 0 Å². The van der Waals surface area contributed by atoms with Crippen LogP contribution in [0.5, 0.6) is 5.75 Å². The molecule has 0 aliphatic rings. The summed E-state index contributed by atoms with van der Waals surface area (Å²) < 4.78 is 7.29. The third kappa shape index (κ3) is 1.11. The van der Waals surface area contributed by atoms with Gasteiger partial charge >= 0.3 is 0 Å². The zero-order chi connectivity index (χ0) is 8.55. The van der Waals surface area contributed by atoms with Crippen LogP contribution >= 0.6 is 27.3 Å². The van der Waals surface area contributed by atoms with Crippen molar-refractivity contribution in [3.8, 4) is 5.75 Å². The van der Waals surface area contributed by atoms with E-state index in [9.17, 15) is 0 Å². The Kier molecular flexibility index (Phi) is 2.02. The number of fused-ring (bicyclic) bond motifs is 1. The summed E-state index contributed by atoms with van der Waals surface area (Å²) in [7, 11) is 1.67. The Morgan fingerprint density at radius 3 is 3.08 bits per heavy atom. The summed E-state index contributed by atoms with van der Waals surface area (Å²) in [6.07, 6.45) is 0. The third-order valence-corrected chi connectivity index (χ3v) is 3.10. The molecule has 62 valence electrons. The van der Waals surface area contributed by atoms with E-state index in [2.05, 4.69) is 20.9 Å². The molecule has 0 atom stereocenters. The second-order valence-electron chi connectivity index (χ2n) is 2.28. The highest BCUT2D eigenvalue weighted by atomic mass is 79.9. The monoisotopic (exact) mass is 243 g/mol. The van der Waals surface area contributed by atoms with Crippen molar-refractivity contribution in [3.05, 3.63) is 22.1 Å². The Hall–Kier alpha value is -0.610. The fourth-order valence-electron chi connectivity index (χ4n) is 1.06. The van der Waals surface area contributed by atoms with E-state index < -0.39 is 0 Å². The molecule has 0 unspecified atom stereocenters. The molecule has 2 rings (SSSR count). The summed E-state index contributed by atoms with van der Waals surface area (Å²) in [5, 5.41) is 0. The van der Waals surface area contributed by atoms with Crippen LogP contribution in [0.15, 0.2) is 22.1 Å². The first kappa shape index (κ1) is 8.01. The van der Waals surface area contributed by atoms with E-state index in [-0.39, 0.29) is 0 Å². The zero-order valence-corrected chi connectivity index (χ0v) is 8.78. The Labute approximate surface area is 82.3 Å². The number of hydrogen-bond acceptors (Lipinski definition) is 3. The lowest BCUT2D eigenvalue weighted by Crippen LogP contribution is -1.82. The Balaban J connectivity index is 2.82. The quantitative estimate of drug-likeness (QED) is 0.769. The molecule has 0 N–H and O–H groups in total. The Morgan fingerprint density at radius 2 is 2.33 bits per heavy atom. The van der Waals surface area contributed by atoms with Crippen molar-refractivity contribution in [1.82, 2.24) is 4.98 Å². The van der Waals surface area contributed by atoms with Crippen LogP contribution in [0.25, 0.3) is 10.2 Å². The van der Waals surface area contributed by atoms with Gasteiger partial charge in [0, 0.05) is 4.47 Å². The number of aromatic nitrogens is 1. The molecule has 0 bridgehead atoms. The Bertz CT molecular complexity index is 412. The van der Waals surface area contributed by atoms with Gasteiger partial charge in [0.1, 0.15) is 5.75 Å². The highest BCUT2D eigenvalue weighted by Crippen LogP contribution is 2.33. The van der Waals surface area contributed by atoms with Gasteiger partial charge in [-0.3, -0.25) is 0 Å². The molecule has 4 heteroatoms. The van der Waals surface area contributed by atoms with Gasteiger partial charge in [-0.2, -0.15) is 0 Å². The molecule has 0 aliphatic carbocycles. The van der Waals surface area contributed by atoms with Gasteiger partial charge in [-0.15, -0.1) is 11.3 Å². The second-order valence-corrected chi connectivity index (χ2v) is 3.99. The number of benzene rings is 1. The molecule has 2 aromatic rings. The number of rotatable bonds is 1. The van der Waals surface area contributed by atoms with Gasteiger partial charge in [0.2, 0.25) is 0 Å². The van der Waals surface area contributed by atoms with Crippen molar-refractivity contribution in [3.63, 3.8) is 0 Å². The van der Waals surface area contributed by atoms with E-state index in [1.54, 1.807) is 18.4 Å². The van der Waals surface area contributed by atoms with Crippen molar-refractivity contribution in [2.45, 2.75) is 0 Å². The molecule has 0 saturated carbocycles. The maximum atomic E-state index is 5.19. The molecule has 0 fully saturated rings. The summed E-state index contributed by atoms with van der Waals surface area (Å²) in [4.78, 5) is 4.22. The molecule has 0 spiro atoms. The number of ether oxygens (including phenoxy) is 1. The molecule has 0 aliphatic heterocycles. The van der Waals surface area contributed by atoms with Gasteiger partial charge in [0.25, 0.3) is 0 Å². The first-order valence-electron chi connectivity index (χ1n) is 3.38. The SMILES string of the molecule is COc1ccc(Br)c2ncsc12. The van der Waals surface area contributed by atoms with E-state index in [0.717, 1.165) is 20.4 Å². The van der Waals surface area contributed by atoms with Gasteiger partial charge in [0.15, 0.2) is 0 Å².